The van der Waals surface area contributed by atoms with Crippen LogP contribution in [-0.2, 0) is 14.8 Å². The van der Waals surface area contributed by atoms with Crippen LogP contribution in [0.25, 0.3) is 5.52 Å². The van der Waals surface area contributed by atoms with E-state index in [1.807, 2.05) is 42.9 Å². The number of nitrogens with one attached hydrogen (secondary N) is 1. The van der Waals surface area contributed by atoms with Crippen LogP contribution in [0.3, 0.4) is 0 Å². The predicted molar refractivity (Wildman–Crippen MR) is 123 cm³/mol. The molecule has 2 aromatic heterocycles. The predicted octanol–water partition coefficient (Wildman–Crippen LogP) is 1.79. The second-order valence-corrected chi connectivity index (χ2v) is 10.4. The fraction of sp³-hybridized carbons (Fsp3) is 0.571. The molecule has 2 N–H and O–H groups in total. The third-order valence-corrected chi connectivity index (χ3v) is 6.59. The van der Waals surface area contributed by atoms with Crippen LogP contribution in [0.2, 0.25) is 0 Å². The van der Waals surface area contributed by atoms with Crippen molar-refractivity contribution in [2.75, 3.05) is 46.5 Å². The molecule has 1 unspecified atom stereocenters. The molecule has 3 heterocycles. The van der Waals surface area contributed by atoms with Crippen LogP contribution in [-0.4, -0.2) is 96.7 Å². The Morgan fingerprint density at radius 3 is 2.51 bits per heavy atom. The van der Waals surface area contributed by atoms with Crippen molar-refractivity contribution in [3.8, 4) is 0 Å². The number of aliphatic carboxylic acids is 1. The number of piperidine rings is 1. The molecule has 1 saturated heterocycles. The van der Waals surface area contributed by atoms with Gasteiger partial charge in [-0.05, 0) is 52.0 Å². The summed E-state index contributed by atoms with van der Waals surface area (Å²) in [6.45, 7) is 2.43. The monoisotopic (exact) mass is 521 g/mol. The molecule has 0 aromatic carbocycles. The van der Waals surface area contributed by atoms with Gasteiger partial charge in [0.05, 0.1) is 11.8 Å². The van der Waals surface area contributed by atoms with Gasteiger partial charge in [-0.3, -0.25) is 4.79 Å². The quantitative estimate of drug-likeness (QED) is 0.533. The molecular formula is C21H30F3N5O5S. The number of carbonyl (C=O) groups is 2. The van der Waals surface area contributed by atoms with E-state index in [1.165, 1.54) is 10.6 Å². The van der Waals surface area contributed by atoms with Gasteiger partial charge in [0.2, 0.25) is 10.0 Å². The zero-order chi connectivity index (χ0) is 26.4. The van der Waals surface area contributed by atoms with E-state index in [0.29, 0.717) is 25.3 Å². The number of rotatable bonds is 7. The molecule has 196 valence electrons. The Kier molecular flexibility index (Phi) is 9.63. The molecule has 1 fully saturated rings. The van der Waals surface area contributed by atoms with E-state index in [1.54, 1.807) is 0 Å². The molecule has 35 heavy (non-hydrogen) atoms. The normalized spacial score (nSPS) is 17.2. The number of sulfonamides is 1. The zero-order valence-corrected chi connectivity index (χ0v) is 20.6. The maximum Gasteiger partial charge on any atom is 0.490 e. The molecule has 14 heteroatoms. The number of hydrogen-bond donors (Lipinski definition) is 2. The summed E-state index contributed by atoms with van der Waals surface area (Å²) in [5, 5.41) is 10.1. The second kappa shape index (κ2) is 11.8. The molecular weight excluding hydrogens is 491 g/mol. The van der Waals surface area contributed by atoms with Crippen LogP contribution < -0.4 is 5.32 Å². The van der Waals surface area contributed by atoms with Crippen LogP contribution in [0.15, 0.2) is 24.4 Å². The van der Waals surface area contributed by atoms with Crippen molar-refractivity contribution in [1.82, 2.24) is 23.9 Å². The fourth-order valence-corrected chi connectivity index (χ4v) is 4.56. The maximum atomic E-state index is 12.7. The van der Waals surface area contributed by atoms with Gasteiger partial charge in [-0.15, -0.1) is 0 Å². The fourth-order valence-electron chi connectivity index (χ4n) is 3.65. The Bertz CT molecular complexity index is 1130. The number of hydrogen-bond acceptors (Lipinski definition) is 6. The van der Waals surface area contributed by atoms with Crippen molar-refractivity contribution < 1.29 is 36.3 Å². The van der Waals surface area contributed by atoms with E-state index in [4.69, 9.17) is 9.90 Å². The van der Waals surface area contributed by atoms with Crippen LogP contribution in [0.1, 0.15) is 41.5 Å². The summed E-state index contributed by atoms with van der Waals surface area (Å²) in [5.74, 6) is -2.23. The first-order chi connectivity index (χ1) is 16.2. The molecule has 0 radical (unpaired) electrons. The lowest BCUT2D eigenvalue weighted by Gasteiger charge is -2.30. The molecule has 10 nitrogen and oxygen atoms in total. The Morgan fingerprint density at radius 1 is 1.29 bits per heavy atom. The van der Waals surface area contributed by atoms with Crippen LogP contribution in [0.4, 0.5) is 13.2 Å². The first-order valence-electron chi connectivity index (χ1n) is 10.9. The van der Waals surface area contributed by atoms with Crippen molar-refractivity contribution in [3.05, 3.63) is 35.9 Å². The Balaban J connectivity index is 0.000000540. The summed E-state index contributed by atoms with van der Waals surface area (Å²) in [4.78, 5) is 28.4. The summed E-state index contributed by atoms with van der Waals surface area (Å²) >= 11 is 0. The van der Waals surface area contributed by atoms with Gasteiger partial charge < -0.3 is 19.7 Å². The van der Waals surface area contributed by atoms with Crippen molar-refractivity contribution in [2.45, 2.75) is 31.4 Å². The second-order valence-electron chi connectivity index (χ2n) is 8.45. The van der Waals surface area contributed by atoms with Crippen molar-refractivity contribution in [1.29, 1.82) is 0 Å². The number of carboxylic acids is 1. The minimum atomic E-state index is -5.08. The molecule has 2 aromatic rings. The lowest BCUT2D eigenvalue weighted by molar-refractivity contribution is -0.192. The molecule has 1 aliphatic rings. The van der Waals surface area contributed by atoms with Gasteiger partial charge in [-0.2, -0.15) is 13.2 Å². The number of amides is 1. The van der Waals surface area contributed by atoms with E-state index in [9.17, 15) is 26.4 Å². The molecule has 3 rings (SSSR count). The minimum absolute atomic E-state index is 0.0336. The molecule has 0 aliphatic carbocycles. The van der Waals surface area contributed by atoms with Gasteiger partial charge in [-0.1, -0.05) is 6.07 Å². The summed E-state index contributed by atoms with van der Waals surface area (Å²) in [5.41, 5.74) is 1.15. The van der Waals surface area contributed by atoms with Crippen molar-refractivity contribution >= 4 is 27.4 Å². The topological polar surface area (TPSA) is 124 Å². The molecule has 0 saturated carbocycles. The number of halogens is 3. The number of alkyl halides is 3. The third-order valence-electron chi connectivity index (χ3n) is 5.32. The van der Waals surface area contributed by atoms with Crippen molar-refractivity contribution in [3.63, 3.8) is 0 Å². The van der Waals surface area contributed by atoms with E-state index in [0.717, 1.165) is 37.1 Å². The number of carbonyl (C=O) groups excluding carboxylic acids is 1. The highest BCUT2D eigenvalue weighted by Crippen LogP contribution is 2.29. The first-order valence-corrected chi connectivity index (χ1v) is 12.7. The number of nitrogens with zero attached hydrogens (tertiary/aromatic N) is 4. The van der Waals surface area contributed by atoms with Gasteiger partial charge in [0.15, 0.2) is 5.69 Å². The van der Waals surface area contributed by atoms with Gasteiger partial charge in [0.25, 0.3) is 5.91 Å². The highest BCUT2D eigenvalue weighted by atomic mass is 32.2. The lowest BCUT2D eigenvalue weighted by Crippen LogP contribution is -2.38. The zero-order valence-electron chi connectivity index (χ0n) is 19.7. The standard InChI is InChI=1S/C19H29N5O3S.C2HF3O2/c1-22(2)11-7-10-20-19(25)17-16-9-4-5-13-24(16)18(21-17)15-8-6-12-23(14-15)28(3,26)27;3-2(4,5)1(6)7/h4-5,9,13,15H,6-8,10-12,14H2,1-3H3,(H,20,25);(H,6,7). The first kappa shape index (κ1) is 28.5. The smallest absolute Gasteiger partial charge is 0.475 e. The van der Waals surface area contributed by atoms with Crippen LogP contribution in [0, 0.1) is 0 Å². The van der Waals surface area contributed by atoms with Gasteiger partial charge >= 0.3 is 12.1 Å². The van der Waals surface area contributed by atoms with E-state index in [-0.39, 0.29) is 11.8 Å². The summed E-state index contributed by atoms with van der Waals surface area (Å²) < 4.78 is 59.1. The summed E-state index contributed by atoms with van der Waals surface area (Å²) in [6, 6.07) is 5.66. The molecule has 1 aliphatic heterocycles. The minimum Gasteiger partial charge on any atom is -0.475 e. The summed E-state index contributed by atoms with van der Waals surface area (Å²) in [6.07, 6.45) is 0.546. The largest absolute Gasteiger partial charge is 0.490 e. The van der Waals surface area contributed by atoms with Gasteiger partial charge in [0, 0.05) is 31.7 Å². The average molecular weight is 522 g/mol. The molecule has 0 bridgehead atoms. The third kappa shape index (κ3) is 8.18. The number of fused-ring (bicyclic) bond motifs is 1. The SMILES string of the molecule is CN(C)CCCNC(=O)c1nc(C2CCCN(S(C)(=O)=O)C2)n2ccccc12.O=C(O)C(F)(F)F. The number of imidazole rings is 1. The molecule has 0 spiro atoms. The molecule has 1 amide bonds. The van der Waals surface area contributed by atoms with E-state index >= 15 is 0 Å². The number of pyridine rings is 1. The van der Waals surface area contributed by atoms with Crippen molar-refractivity contribution in [2.24, 2.45) is 0 Å². The average Bonchev–Trinajstić information content (AvgIpc) is 3.16. The molecule has 1 atom stereocenters. The Labute approximate surface area is 201 Å². The van der Waals surface area contributed by atoms with Gasteiger partial charge in [-0.25, -0.2) is 22.5 Å². The Morgan fingerprint density at radius 2 is 1.94 bits per heavy atom. The highest BCUT2D eigenvalue weighted by Gasteiger charge is 2.38. The summed E-state index contributed by atoms with van der Waals surface area (Å²) in [7, 11) is 0.763. The highest BCUT2D eigenvalue weighted by molar-refractivity contribution is 7.88. The maximum absolute atomic E-state index is 12.7. The van der Waals surface area contributed by atoms with E-state index < -0.39 is 22.2 Å². The number of carboxylic acid groups (broad SMARTS) is 1. The van der Waals surface area contributed by atoms with Crippen LogP contribution >= 0.6 is 0 Å². The van der Waals surface area contributed by atoms with Gasteiger partial charge in [0.1, 0.15) is 5.82 Å². The Hall–Kier alpha value is -2.71. The lowest BCUT2D eigenvalue weighted by atomic mass is 9.99. The van der Waals surface area contributed by atoms with E-state index in [2.05, 4.69) is 15.2 Å². The number of aromatic nitrogens is 2. The van der Waals surface area contributed by atoms with Crippen LogP contribution in [0.5, 0.6) is 0 Å².